The summed E-state index contributed by atoms with van der Waals surface area (Å²) in [5.74, 6) is 0.777. The van der Waals surface area contributed by atoms with Crippen molar-refractivity contribution in [1.82, 2.24) is 9.88 Å². The Hall–Kier alpha value is -2.82. The minimum atomic E-state index is -0.977. The summed E-state index contributed by atoms with van der Waals surface area (Å²) < 4.78 is 7.04. The predicted octanol–water partition coefficient (Wildman–Crippen LogP) is 4.96. The van der Waals surface area contributed by atoms with Gasteiger partial charge in [-0.05, 0) is 59.5 Å². The maximum absolute atomic E-state index is 10.9. The van der Waals surface area contributed by atoms with Gasteiger partial charge < -0.3 is 19.3 Å². The number of oxazole rings is 1. The lowest BCUT2D eigenvalue weighted by molar-refractivity contribution is 0.190. The van der Waals surface area contributed by atoms with Gasteiger partial charge in [0.2, 0.25) is 5.89 Å². The van der Waals surface area contributed by atoms with Crippen molar-refractivity contribution in [2.45, 2.75) is 38.3 Å². The summed E-state index contributed by atoms with van der Waals surface area (Å²) in [6.07, 6.45) is 0.710. The standard InChI is InChI=1S/C25H25BrN4O2/c1-15-7-8-20-19(13-15)28-24(32-20)25(2)9-11-30(12-10-25)21-16-5-4-6-18(26)22(16)29(3)23(31)17(21)14-27/h4-8,13,23,31H,9-12H2,1-3H3. The Balaban J connectivity index is 1.48. The lowest BCUT2D eigenvalue weighted by atomic mass is 9.79. The van der Waals surface area contributed by atoms with Gasteiger partial charge in [0, 0.05) is 35.6 Å². The van der Waals surface area contributed by atoms with Crippen molar-refractivity contribution >= 4 is 38.4 Å². The van der Waals surface area contributed by atoms with Gasteiger partial charge in [0.25, 0.3) is 0 Å². The molecule has 0 bridgehead atoms. The normalized spacial score (nSPS) is 20.4. The molecular formula is C25H25BrN4O2. The molecule has 1 atom stereocenters. The van der Waals surface area contributed by atoms with E-state index in [-0.39, 0.29) is 5.41 Å². The molecule has 5 rings (SSSR count). The maximum Gasteiger partial charge on any atom is 0.201 e. The van der Waals surface area contributed by atoms with Crippen molar-refractivity contribution in [3.05, 3.63) is 63.5 Å². The number of hydrogen-bond donors (Lipinski definition) is 1. The highest BCUT2D eigenvalue weighted by Gasteiger charge is 2.40. The molecule has 1 saturated heterocycles. The van der Waals surface area contributed by atoms with E-state index in [1.165, 1.54) is 5.56 Å². The molecule has 0 radical (unpaired) electrons. The van der Waals surface area contributed by atoms with E-state index in [1.807, 2.05) is 37.4 Å². The van der Waals surface area contributed by atoms with E-state index in [9.17, 15) is 10.4 Å². The first-order chi connectivity index (χ1) is 15.3. The summed E-state index contributed by atoms with van der Waals surface area (Å²) >= 11 is 3.62. The second-order valence-electron chi connectivity index (χ2n) is 9.03. The molecule has 1 N–H and O–H groups in total. The van der Waals surface area contributed by atoms with Crippen LogP contribution in [0, 0.1) is 18.3 Å². The zero-order chi connectivity index (χ0) is 22.6. The fourth-order valence-electron chi connectivity index (χ4n) is 4.83. The van der Waals surface area contributed by atoms with E-state index in [4.69, 9.17) is 9.40 Å². The van der Waals surface area contributed by atoms with Crippen LogP contribution >= 0.6 is 15.9 Å². The average molecular weight is 493 g/mol. The number of benzene rings is 2. The van der Waals surface area contributed by atoms with E-state index in [0.29, 0.717) is 5.57 Å². The SMILES string of the molecule is Cc1ccc2oc(C3(C)CCN(C4=C(C#N)C(O)N(C)c5c(Br)cccc54)CC3)nc2c1. The smallest absolute Gasteiger partial charge is 0.201 e. The number of piperidine rings is 1. The average Bonchev–Trinajstić information content (AvgIpc) is 3.21. The van der Waals surface area contributed by atoms with Crippen molar-refractivity contribution in [2.24, 2.45) is 0 Å². The number of likely N-dealkylation sites (N-methyl/N-ethyl adjacent to an activating group) is 1. The quantitative estimate of drug-likeness (QED) is 0.544. The van der Waals surface area contributed by atoms with Crippen molar-refractivity contribution < 1.29 is 9.52 Å². The fourth-order valence-corrected chi connectivity index (χ4v) is 5.48. The molecule has 164 valence electrons. The van der Waals surface area contributed by atoms with Gasteiger partial charge in [0.15, 0.2) is 11.8 Å². The molecule has 1 aromatic heterocycles. The summed E-state index contributed by atoms with van der Waals surface area (Å²) in [6, 6.07) is 14.3. The first-order valence-corrected chi connectivity index (χ1v) is 11.6. The summed E-state index contributed by atoms with van der Waals surface area (Å²) in [7, 11) is 1.81. The van der Waals surface area contributed by atoms with Crippen LogP contribution in [-0.4, -0.2) is 41.4 Å². The Morgan fingerprint density at radius 1 is 1.25 bits per heavy atom. The van der Waals surface area contributed by atoms with Gasteiger partial charge in [-0.3, -0.25) is 0 Å². The number of anilines is 1. The number of halogens is 1. The summed E-state index contributed by atoms with van der Waals surface area (Å²) in [4.78, 5) is 8.78. The highest BCUT2D eigenvalue weighted by Crippen LogP contribution is 2.45. The first-order valence-electron chi connectivity index (χ1n) is 10.8. The van der Waals surface area contributed by atoms with Crippen molar-refractivity contribution in [1.29, 1.82) is 5.26 Å². The van der Waals surface area contributed by atoms with Gasteiger partial charge in [0.05, 0.1) is 11.4 Å². The number of likely N-dealkylation sites (tertiary alicyclic amines) is 1. The van der Waals surface area contributed by atoms with Crippen LogP contribution in [0.1, 0.15) is 36.8 Å². The van der Waals surface area contributed by atoms with Crippen LogP contribution in [-0.2, 0) is 5.41 Å². The van der Waals surface area contributed by atoms with Gasteiger partial charge in [0.1, 0.15) is 17.2 Å². The molecule has 0 aliphatic carbocycles. The highest BCUT2D eigenvalue weighted by atomic mass is 79.9. The molecule has 3 heterocycles. The Morgan fingerprint density at radius 3 is 2.72 bits per heavy atom. The second-order valence-corrected chi connectivity index (χ2v) is 9.89. The molecule has 2 aliphatic heterocycles. The molecule has 0 saturated carbocycles. The second kappa shape index (κ2) is 7.65. The Kier molecular flexibility index (Phi) is 5.03. The number of para-hydroxylation sites is 1. The lowest BCUT2D eigenvalue weighted by Gasteiger charge is -2.43. The molecule has 1 fully saturated rings. The summed E-state index contributed by atoms with van der Waals surface area (Å²) in [5.41, 5.74) is 5.78. The molecular weight excluding hydrogens is 468 g/mol. The minimum absolute atomic E-state index is 0.180. The number of aryl methyl sites for hydroxylation is 1. The van der Waals surface area contributed by atoms with E-state index in [0.717, 1.165) is 64.3 Å². The number of nitrogens with zero attached hydrogens (tertiary/aromatic N) is 4. The molecule has 0 amide bonds. The highest BCUT2D eigenvalue weighted by molar-refractivity contribution is 9.10. The third kappa shape index (κ3) is 3.21. The third-order valence-corrected chi connectivity index (χ3v) is 7.48. The first kappa shape index (κ1) is 21.0. The summed E-state index contributed by atoms with van der Waals surface area (Å²) in [6.45, 7) is 5.75. The topological polar surface area (TPSA) is 76.5 Å². The van der Waals surface area contributed by atoms with Crippen LogP contribution in [0.4, 0.5) is 5.69 Å². The van der Waals surface area contributed by atoms with Crippen LogP contribution in [0.5, 0.6) is 0 Å². The molecule has 0 spiro atoms. The van der Waals surface area contributed by atoms with Gasteiger partial charge in [-0.25, -0.2) is 4.98 Å². The van der Waals surface area contributed by atoms with E-state index < -0.39 is 6.23 Å². The Bertz CT molecular complexity index is 1280. The van der Waals surface area contributed by atoms with Crippen LogP contribution in [0.25, 0.3) is 16.8 Å². The van der Waals surface area contributed by atoms with Crippen LogP contribution in [0.2, 0.25) is 0 Å². The number of rotatable bonds is 2. The number of hydrogen-bond acceptors (Lipinski definition) is 6. The number of aromatic nitrogens is 1. The van der Waals surface area contributed by atoms with E-state index >= 15 is 0 Å². The summed E-state index contributed by atoms with van der Waals surface area (Å²) in [5, 5.41) is 20.8. The van der Waals surface area contributed by atoms with E-state index in [1.54, 1.807) is 4.90 Å². The monoisotopic (exact) mass is 492 g/mol. The van der Waals surface area contributed by atoms with Gasteiger partial charge in [-0.2, -0.15) is 5.26 Å². The van der Waals surface area contributed by atoms with Gasteiger partial charge in [-0.15, -0.1) is 0 Å². The number of aliphatic hydroxyl groups excluding tert-OH is 1. The zero-order valence-electron chi connectivity index (χ0n) is 18.4. The van der Waals surface area contributed by atoms with Gasteiger partial charge >= 0.3 is 0 Å². The Morgan fingerprint density at radius 2 is 2.00 bits per heavy atom. The van der Waals surface area contributed by atoms with Crippen molar-refractivity contribution in [3.63, 3.8) is 0 Å². The van der Waals surface area contributed by atoms with Crippen molar-refractivity contribution in [2.75, 3.05) is 25.0 Å². The molecule has 2 aliphatic rings. The molecule has 32 heavy (non-hydrogen) atoms. The fraction of sp³-hybridized carbons (Fsp3) is 0.360. The molecule has 3 aromatic rings. The predicted molar refractivity (Wildman–Crippen MR) is 128 cm³/mol. The third-order valence-electron chi connectivity index (χ3n) is 6.84. The lowest BCUT2D eigenvalue weighted by Crippen LogP contribution is -2.44. The Labute approximate surface area is 195 Å². The van der Waals surface area contributed by atoms with Crippen LogP contribution < -0.4 is 4.90 Å². The van der Waals surface area contributed by atoms with E-state index in [2.05, 4.69) is 46.8 Å². The number of nitriles is 1. The molecule has 7 heteroatoms. The van der Waals surface area contributed by atoms with Crippen LogP contribution in [0.3, 0.4) is 0 Å². The van der Waals surface area contributed by atoms with Crippen molar-refractivity contribution in [3.8, 4) is 6.07 Å². The number of fused-ring (bicyclic) bond motifs is 2. The van der Waals surface area contributed by atoms with Gasteiger partial charge in [-0.1, -0.05) is 25.1 Å². The molecule has 1 unspecified atom stereocenters. The number of aliphatic hydroxyl groups is 1. The minimum Gasteiger partial charge on any atom is -0.440 e. The molecule has 2 aromatic carbocycles. The molecule has 6 nitrogen and oxygen atoms in total. The largest absolute Gasteiger partial charge is 0.440 e. The zero-order valence-corrected chi connectivity index (χ0v) is 20.0. The van der Waals surface area contributed by atoms with Crippen LogP contribution in [0.15, 0.2) is 50.9 Å². The maximum atomic E-state index is 10.9.